The van der Waals surface area contributed by atoms with Crippen LogP contribution in [0.25, 0.3) is 17.2 Å². The molecule has 266 valence electrons. The predicted octanol–water partition coefficient (Wildman–Crippen LogP) is 8.06. The summed E-state index contributed by atoms with van der Waals surface area (Å²) in [6.07, 6.45) is 1.51. The summed E-state index contributed by atoms with van der Waals surface area (Å²) in [6, 6.07) is 28.5. The molecule has 5 rings (SSSR count). The maximum Gasteiger partial charge on any atom is 0.341 e. The number of hydrogen-bond donors (Lipinski definition) is 3. The van der Waals surface area contributed by atoms with Crippen molar-refractivity contribution in [3.05, 3.63) is 130 Å². The van der Waals surface area contributed by atoms with E-state index in [0.717, 1.165) is 11.1 Å². The SMILES string of the molecule is COC(=O)c1c(-c2ccc(C)cc2)csc1NC(=O)C(C)Sc1cccc(NC(=O)/C(=C\c2cccc(OC)c2OC)NC(=O)c2ccccc2)c1. The van der Waals surface area contributed by atoms with Crippen molar-refractivity contribution in [1.82, 2.24) is 5.32 Å². The van der Waals surface area contributed by atoms with Crippen LogP contribution in [0.4, 0.5) is 10.7 Å². The van der Waals surface area contributed by atoms with E-state index in [1.165, 1.54) is 50.5 Å². The van der Waals surface area contributed by atoms with Gasteiger partial charge in [0.2, 0.25) is 5.91 Å². The van der Waals surface area contributed by atoms with Gasteiger partial charge in [0.25, 0.3) is 11.8 Å². The Morgan fingerprint density at radius 1 is 0.827 bits per heavy atom. The first-order valence-corrected chi connectivity index (χ1v) is 17.8. The number of benzene rings is 4. The average Bonchev–Trinajstić information content (AvgIpc) is 3.57. The summed E-state index contributed by atoms with van der Waals surface area (Å²) < 4.78 is 16.0. The zero-order valence-corrected chi connectivity index (χ0v) is 30.8. The van der Waals surface area contributed by atoms with E-state index in [2.05, 4.69) is 16.0 Å². The Balaban J connectivity index is 1.33. The number of nitrogens with one attached hydrogen (secondary N) is 3. The van der Waals surface area contributed by atoms with E-state index in [9.17, 15) is 19.2 Å². The lowest BCUT2D eigenvalue weighted by Crippen LogP contribution is -2.30. The molecule has 3 N–H and O–H groups in total. The van der Waals surface area contributed by atoms with Crippen LogP contribution < -0.4 is 25.4 Å². The Labute approximate surface area is 310 Å². The zero-order valence-electron chi connectivity index (χ0n) is 29.1. The second-order valence-corrected chi connectivity index (χ2v) is 13.7. The molecule has 12 heteroatoms. The third kappa shape index (κ3) is 9.08. The summed E-state index contributed by atoms with van der Waals surface area (Å²) >= 11 is 2.53. The standard InChI is InChI=1S/C40H37N3O7S2/c1-24-17-19-26(20-18-24)31-23-51-39(34(31)40(47)50-5)43-36(44)25(2)52-30-15-10-14-29(22-30)41-38(46)32(42-37(45)27-11-7-6-8-12-27)21-28-13-9-16-33(48-3)35(28)49-4/h6-23,25H,1-5H3,(H,41,46)(H,42,45)(H,43,44)/b32-21+. The molecule has 0 saturated carbocycles. The summed E-state index contributed by atoms with van der Waals surface area (Å²) in [4.78, 5) is 53.8. The van der Waals surface area contributed by atoms with Crippen LogP contribution in [0.15, 0.2) is 113 Å². The molecule has 1 unspecified atom stereocenters. The molecule has 3 amide bonds. The van der Waals surface area contributed by atoms with Crippen LogP contribution in [0, 0.1) is 6.92 Å². The van der Waals surface area contributed by atoms with E-state index in [4.69, 9.17) is 14.2 Å². The number of aryl methyl sites for hydroxylation is 1. The first-order chi connectivity index (χ1) is 25.1. The Morgan fingerprint density at radius 3 is 2.25 bits per heavy atom. The van der Waals surface area contributed by atoms with Gasteiger partial charge < -0.3 is 30.2 Å². The number of methoxy groups -OCH3 is 3. The smallest absolute Gasteiger partial charge is 0.341 e. The summed E-state index contributed by atoms with van der Waals surface area (Å²) in [7, 11) is 4.30. The van der Waals surface area contributed by atoms with Gasteiger partial charge in [-0.25, -0.2) is 4.79 Å². The largest absolute Gasteiger partial charge is 0.493 e. The van der Waals surface area contributed by atoms with Crippen molar-refractivity contribution in [1.29, 1.82) is 0 Å². The lowest BCUT2D eigenvalue weighted by atomic mass is 10.0. The normalized spacial score (nSPS) is 11.6. The predicted molar refractivity (Wildman–Crippen MR) is 206 cm³/mol. The quantitative estimate of drug-likeness (QED) is 0.0629. The molecule has 0 saturated heterocycles. The third-order valence-corrected chi connectivity index (χ3v) is 9.81. The molecule has 0 fully saturated rings. The van der Waals surface area contributed by atoms with Gasteiger partial charge in [-0.05, 0) is 61.9 Å². The lowest BCUT2D eigenvalue weighted by Gasteiger charge is -2.15. The number of rotatable bonds is 13. The molecule has 0 aliphatic heterocycles. The van der Waals surface area contributed by atoms with Crippen molar-refractivity contribution in [2.45, 2.75) is 24.0 Å². The van der Waals surface area contributed by atoms with E-state index in [-0.39, 0.29) is 11.6 Å². The molecule has 10 nitrogen and oxygen atoms in total. The Bertz CT molecular complexity index is 2110. The lowest BCUT2D eigenvalue weighted by molar-refractivity contribution is -0.115. The van der Waals surface area contributed by atoms with Crippen LogP contribution in [0.3, 0.4) is 0 Å². The summed E-state index contributed by atoms with van der Waals surface area (Å²) in [5.74, 6) is -1.07. The number of para-hydroxylation sites is 1. The van der Waals surface area contributed by atoms with Crippen LogP contribution >= 0.6 is 23.1 Å². The number of carbonyl (C=O) groups is 4. The van der Waals surface area contributed by atoms with Crippen LogP contribution in [-0.4, -0.2) is 50.3 Å². The van der Waals surface area contributed by atoms with Gasteiger partial charge in [0.15, 0.2) is 11.5 Å². The number of carbonyl (C=O) groups excluding carboxylic acids is 4. The van der Waals surface area contributed by atoms with Crippen molar-refractivity contribution in [3.63, 3.8) is 0 Å². The maximum absolute atomic E-state index is 13.7. The van der Waals surface area contributed by atoms with E-state index < -0.39 is 23.0 Å². The third-order valence-electron chi connectivity index (χ3n) is 7.82. The monoisotopic (exact) mass is 735 g/mol. The topological polar surface area (TPSA) is 132 Å². The molecule has 1 aromatic heterocycles. The first kappa shape index (κ1) is 37.4. The van der Waals surface area contributed by atoms with Crippen molar-refractivity contribution in [3.8, 4) is 22.6 Å². The molecule has 1 heterocycles. The van der Waals surface area contributed by atoms with Gasteiger partial charge in [-0.2, -0.15) is 0 Å². The highest BCUT2D eigenvalue weighted by molar-refractivity contribution is 8.00. The fraction of sp³-hybridized carbons (Fsp3) is 0.150. The number of ether oxygens (including phenoxy) is 3. The first-order valence-electron chi connectivity index (χ1n) is 16.1. The van der Waals surface area contributed by atoms with Crippen molar-refractivity contribution < 1.29 is 33.4 Å². The molecular weight excluding hydrogens is 699 g/mol. The molecule has 52 heavy (non-hydrogen) atoms. The fourth-order valence-corrected chi connectivity index (χ4v) is 7.03. The molecule has 0 radical (unpaired) electrons. The summed E-state index contributed by atoms with van der Waals surface area (Å²) in [5.41, 5.74) is 4.18. The number of amides is 3. The van der Waals surface area contributed by atoms with Gasteiger partial charge in [0.1, 0.15) is 16.3 Å². The van der Waals surface area contributed by atoms with E-state index in [1.807, 2.05) is 42.6 Å². The highest BCUT2D eigenvalue weighted by atomic mass is 32.2. The van der Waals surface area contributed by atoms with Crippen LogP contribution in [0.5, 0.6) is 11.5 Å². The Morgan fingerprint density at radius 2 is 1.56 bits per heavy atom. The minimum atomic E-state index is -0.584. The fourth-order valence-electron chi connectivity index (χ4n) is 5.14. The number of anilines is 2. The van der Waals surface area contributed by atoms with E-state index in [1.54, 1.807) is 73.7 Å². The minimum absolute atomic E-state index is 0.0337. The van der Waals surface area contributed by atoms with E-state index in [0.29, 0.717) is 49.3 Å². The maximum atomic E-state index is 13.7. The summed E-state index contributed by atoms with van der Waals surface area (Å²) in [5, 5.41) is 10.1. The van der Waals surface area contributed by atoms with Crippen LogP contribution in [-0.2, 0) is 14.3 Å². The van der Waals surface area contributed by atoms with E-state index >= 15 is 0 Å². The average molecular weight is 736 g/mol. The molecule has 0 spiro atoms. The van der Waals surface area contributed by atoms with Gasteiger partial charge in [0, 0.05) is 32.7 Å². The van der Waals surface area contributed by atoms with Gasteiger partial charge in [-0.1, -0.05) is 66.2 Å². The molecule has 4 aromatic carbocycles. The number of thioether (sulfide) groups is 1. The second-order valence-electron chi connectivity index (χ2n) is 11.4. The highest BCUT2D eigenvalue weighted by Crippen LogP contribution is 2.37. The zero-order chi connectivity index (χ0) is 37.2. The van der Waals surface area contributed by atoms with Gasteiger partial charge in [-0.3, -0.25) is 14.4 Å². The second kappa shape index (κ2) is 17.4. The number of esters is 1. The van der Waals surface area contributed by atoms with Crippen LogP contribution in [0.2, 0.25) is 0 Å². The van der Waals surface area contributed by atoms with Crippen molar-refractivity contribution >= 4 is 63.6 Å². The Kier molecular flexibility index (Phi) is 12.5. The van der Waals surface area contributed by atoms with Crippen molar-refractivity contribution in [2.75, 3.05) is 32.0 Å². The van der Waals surface area contributed by atoms with Crippen molar-refractivity contribution in [2.24, 2.45) is 0 Å². The van der Waals surface area contributed by atoms with Gasteiger partial charge in [0.05, 0.1) is 26.6 Å². The van der Waals surface area contributed by atoms with Crippen LogP contribution in [0.1, 0.15) is 38.8 Å². The number of thiophene rings is 1. The molecule has 5 aromatic rings. The molecule has 0 aliphatic rings. The molecule has 0 aliphatic carbocycles. The van der Waals surface area contributed by atoms with Gasteiger partial charge >= 0.3 is 5.97 Å². The minimum Gasteiger partial charge on any atom is -0.493 e. The number of hydrogen-bond acceptors (Lipinski definition) is 9. The molecular formula is C40H37N3O7S2. The molecule has 1 atom stereocenters. The summed E-state index contributed by atoms with van der Waals surface area (Å²) in [6.45, 7) is 3.73. The molecule has 0 bridgehead atoms. The highest BCUT2D eigenvalue weighted by Gasteiger charge is 2.25. The van der Waals surface area contributed by atoms with Gasteiger partial charge in [-0.15, -0.1) is 23.1 Å². The Hall–Kier alpha value is -5.85.